The monoisotopic (exact) mass is 811 g/mol. The van der Waals surface area contributed by atoms with E-state index in [9.17, 15) is 19.2 Å². The molecule has 5 aromatic rings. The number of rotatable bonds is 14. The molecular weight excluding hydrogens is 765 g/mol. The van der Waals surface area contributed by atoms with Gasteiger partial charge in [0.2, 0.25) is 0 Å². The Labute approximate surface area is 340 Å². The summed E-state index contributed by atoms with van der Waals surface area (Å²) in [5.41, 5.74) is 2.06. The van der Waals surface area contributed by atoms with E-state index in [1.54, 1.807) is 53.4 Å². The molecule has 1 aliphatic rings. The van der Waals surface area contributed by atoms with E-state index in [0.29, 0.717) is 68.5 Å². The molecule has 11 nitrogen and oxygen atoms in total. The number of piperazine rings is 1. The fraction of sp³-hybridized carbons (Fsp3) is 0.318. The molecule has 4 N–H and O–H groups in total. The lowest BCUT2D eigenvalue weighted by Gasteiger charge is -2.47. The van der Waals surface area contributed by atoms with Crippen molar-refractivity contribution in [2.75, 3.05) is 50.5 Å². The van der Waals surface area contributed by atoms with Crippen LogP contribution >= 0.6 is 11.3 Å². The van der Waals surface area contributed by atoms with Crippen LogP contribution in [-0.2, 0) is 24.1 Å². The third kappa shape index (κ3) is 10.0. The Morgan fingerprint density at radius 1 is 0.828 bits per heavy atom. The lowest BCUT2D eigenvalue weighted by atomic mass is 9.97. The van der Waals surface area contributed by atoms with Crippen molar-refractivity contribution < 1.29 is 37.8 Å². The highest BCUT2D eigenvalue weighted by Crippen LogP contribution is 2.37. The first kappa shape index (κ1) is 41.9. The SMILES string of the molecule is COC(=O)c1ccc(CCc2c(F)cc(NC(=O)c3c(NC(=O)c4cccc(CN5CCN(C(=O)NCCCCO)CC5(C)C)c4)sc4ccccc34)cc2F)cc1. The molecule has 0 unspecified atom stereocenters. The predicted molar refractivity (Wildman–Crippen MR) is 222 cm³/mol. The molecule has 0 spiro atoms. The maximum absolute atomic E-state index is 15.3. The molecule has 0 atom stereocenters. The lowest BCUT2D eigenvalue weighted by Crippen LogP contribution is -2.61. The van der Waals surface area contributed by atoms with Crippen molar-refractivity contribution in [1.82, 2.24) is 15.1 Å². The van der Waals surface area contributed by atoms with E-state index in [-0.39, 0.29) is 46.4 Å². The van der Waals surface area contributed by atoms with E-state index >= 15 is 8.78 Å². The second kappa shape index (κ2) is 18.7. The van der Waals surface area contributed by atoms with Gasteiger partial charge in [0.15, 0.2) is 0 Å². The summed E-state index contributed by atoms with van der Waals surface area (Å²) < 4.78 is 36.1. The summed E-state index contributed by atoms with van der Waals surface area (Å²) in [6, 6.07) is 23.0. The molecule has 1 fully saturated rings. The van der Waals surface area contributed by atoms with Crippen molar-refractivity contribution in [2.45, 2.75) is 51.6 Å². The first-order valence-corrected chi connectivity index (χ1v) is 20.0. The van der Waals surface area contributed by atoms with Crippen LogP contribution in [0.4, 0.5) is 24.3 Å². The third-order valence-corrected chi connectivity index (χ3v) is 11.4. The van der Waals surface area contributed by atoms with E-state index in [1.807, 2.05) is 24.3 Å². The minimum atomic E-state index is -0.814. The van der Waals surface area contributed by atoms with Crippen LogP contribution in [0.25, 0.3) is 10.1 Å². The molecule has 58 heavy (non-hydrogen) atoms. The number of carbonyl (C=O) groups excluding carboxylic acids is 4. The van der Waals surface area contributed by atoms with Gasteiger partial charge in [-0.1, -0.05) is 42.5 Å². The number of aryl methyl sites for hydroxylation is 1. The standard InChI is InChI=1S/C44H47F2N5O6S/c1-44(2)27-50(43(56)47-19-6-7-22-52)20-21-51(44)26-29-9-8-10-31(23-29)39(53)49-41-38(34-11-4-5-12-37(34)58-41)40(54)48-32-24-35(45)33(36(46)25-32)18-15-28-13-16-30(17-14-28)42(55)57-3/h4-5,8-14,16-17,23-25,52H,6-7,15,18-22,26-27H2,1-3H3,(H,47,56)(H,48,54)(H,49,53). The molecule has 4 amide bonds. The molecule has 1 saturated heterocycles. The average molecular weight is 812 g/mol. The number of methoxy groups -OCH3 is 1. The van der Waals surface area contributed by atoms with Gasteiger partial charge in [0, 0.05) is 71.8 Å². The summed E-state index contributed by atoms with van der Waals surface area (Å²) in [6.45, 7) is 7.02. The van der Waals surface area contributed by atoms with Gasteiger partial charge in [-0.3, -0.25) is 14.5 Å². The van der Waals surface area contributed by atoms with Crippen LogP contribution in [0.5, 0.6) is 0 Å². The molecule has 0 aliphatic carbocycles. The Hall–Kier alpha value is -5.70. The Kier molecular flexibility index (Phi) is 13.5. The van der Waals surface area contributed by atoms with Crippen molar-refractivity contribution in [3.63, 3.8) is 0 Å². The van der Waals surface area contributed by atoms with Crippen molar-refractivity contribution in [3.05, 3.63) is 130 Å². The highest BCUT2D eigenvalue weighted by molar-refractivity contribution is 7.23. The summed E-state index contributed by atoms with van der Waals surface area (Å²) in [5, 5.41) is 18.3. The molecule has 304 valence electrons. The van der Waals surface area contributed by atoms with E-state index in [0.717, 1.165) is 28.0 Å². The fourth-order valence-electron chi connectivity index (χ4n) is 7.07. The first-order chi connectivity index (χ1) is 27.9. The van der Waals surface area contributed by atoms with Gasteiger partial charge in [-0.25, -0.2) is 18.4 Å². The fourth-order valence-corrected chi connectivity index (χ4v) is 8.16. The zero-order valence-corrected chi connectivity index (χ0v) is 33.5. The molecule has 4 aromatic carbocycles. The number of thiophene rings is 1. The molecule has 0 radical (unpaired) electrons. The highest BCUT2D eigenvalue weighted by Gasteiger charge is 2.35. The van der Waals surface area contributed by atoms with E-state index in [1.165, 1.54) is 18.4 Å². The normalized spacial score (nSPS) is 13.9. The number of anilines is 2. The van der Waals surface area contributed by atoms with Crippen LogP contribution in [0.1, 0.15) is 74.5 Å². The summed E-state index contributed by atoms with van der Waals surface area (Å²) in [6.07, 6.45) is 1.72. The molecular formula is C44H47F2N5O6S. The van der Waals surface area contributed by atoms with Gasteiger partial charge in [0.05, 0.1) is 18.2 Å². The number of esters is 1. The Bertz CT molecular complexity index is 2270. The number of nitrogens with zero attached hydrogens (tertiary/aromatic N) is 2. The molecule has 1 aliphatic heterocycles. The van der Waals surface area contributed by atoms with Crippen LogP contribution in [-0.4, -0.2) is 84.2 Å². The number of unbranched alkanes of at least 4 members (excludes halogenated alkanes) is 1. The number of nitrogens with one attached hydrogen (secondary N) is 3. The quantitative estimate of drug-likeness (QED) is 0.0668. The molecule has 1 aromatic heterocycles. The maximum atomic E-state index is 15.3. The number of carbonyl (C=O) groups is 4. The zero-order chi connectivity index (χ0) is 41.4. The van der Waals surface area contributed by atoms with Crippen molar-refractivity contribution in [3.8, 4) is 0 Å². The second-order valence-electron chi connectivity index (χ2n) is 14.8. The topological polar surface area (TPSA) is 140 Å². The maximum Gasteiger partial charge on any atom is 0.337 e. The van der Waals surface area contributed by atoms with Crippen molar-refractivity contribution in [1.29, 1.82) is 0 Å². The number of halogens is 2. The van der Waals surface area contributed by atoms with Gasteiger partial charge >= 0.3 is 12.0 Å². The molecule has 2 heterocycles. The number of hydrogen-bond acceptors (Lipinski definition) is 8. The predicted octanol–water partition coefficient (Wildman–Crippen LogP) is 7.63. The van der Waals surface area contributed by atoms with Crippen LogP contribution in [0.3, 0.4) is 0 Å². The van der Waals surface area contributed by atoms with Gasteiger partial charge in [-0.15, -0.1) is 11.3 Å². The smallest absolute Gasteiger partial charge is 0.337 e. The minimum absolute atomic E-state index is 0.0520. The summed E-state index contributed by atoms with van der Waals surface area (Å²) in [4.78, 5) is 56.2. The van der Waals surface area contributed by atoms with Gasteiger partial charge in [-0.05, 0) is 93.1 Å². The zero-order valence-electron chi connectivity index (χ0n) is 32.7. The Morgan fingerprint density at radius 2 is 1.57 bits per heavy atom. The van der Waals surface area contributed by atoms with E-state index in [4.69, 9.17) is 9.84 Å². The average Bonchev–Trinajstić information content (AvgIpc) is 3.57. The number of aliphatic hydroxyl groups is 1. The van der Waals surface area contributed by atoms with Gasteiger partial charge in [0.1, 0.15) is 16.6 Å². The number of aliphatic hydroxyl groups excluding tert-OH is 1. The number of benzene rings is 4. The van der Waals surface area contributed by atoms with E-state index < -0.39 is 29.4 Å². The summed E-state index contributed by atoms with van der Waals surface area (Å²) in [5.74, 6) is -3.17. The summed E-state index contributed by atoms with van der Waals surface area (Å²) >= 11 is 1.22. The minimum Gasteiger partial charge on any atom is -0.465 e. The summed E-state index contributed by atoms with van der Waals surface area (Å²) in [7, 11) is 1.29. The Morgan fingerprint density at radius 3 is 2.28 bits per heavy atom. The van der Waals surface area contributed by atoms with Crippen LogP contribution in [0.2, 0.25) is 0 Å². The van der Waals surface area contributed by atoms with Crippen molar-refractivity contribution >= 4 is 55.9 Å². The van der Waals surface area contributed by atoms with Crippen LogP contribution in [0, 0.1) is 11.6 Å². The van der Waals surface area contributed by atoms with Gasteiger partial charge < -0.3 is 30.7 Å². The third-order valence-electron chi connectivity index (χ3n) is 10.3. The molecule has 0 bridgehead atoms. The number of urea groups is 1. The van der Waals surface area contributed by atoms with Gasteiger partial charge in [-0.2, -0.15) is 0 Å². The molecule has 6 rings (SSSR count). The van der Waals surface area contributed by atoms with Crippen LogP contribution in [0.15, 0.2) is 84.9 Å². The first-order valence-electron chi connectivity index (χ1n) is 19.1. The highest BCUT2D eigenvalue weighted by atomic mass is 32.1. The largest absolute Gasteiger partial charge is 0.465 e. The van der Waals surface area contributed by atoms with Gasteiger partial charge in [0.25, 0.3) is 11.8 Å². The van der Waals surface area contributed by atoms with Crippen molar-refractivity contribution in [2.24, 2.45) is 0 Å². The number of hydrogen-bond donors (Lipinski definition) is 4. The molecule has 14 heteroatoms. The van der Waals surface area contributed by atoms with Crippen LogP contribution < -0.4 is 16.0 Å². The van der Waals surface area contributed by atoms with E-state index in [2.05, 4.69) is 34.7 Å². The number of fused-ring (bicyclic) bond motifs is 1. The Balaban J connectivity index is 1.12. The number of amides is 4. The number of ether oxygens (including phenoxy) is 1. The lowest BCUT2D eigenvalue weighted by molar-refractivity contribution is 0.0297. The molecule has 0 saturated carbocycles. The second-order valence-corrected chi connectivity index (χ2v) is 15.9.